The van der Waals surface area contributed by atoms with E-state index >= 15 is 0 Å². The number of nitrogens with one attached hydrogen (secondary N) is 2. The quantitative estimate of drug-likeness (QED) is 0.311. The Bertz CT molecular complexity index is 1470. The first kappa shape index (κ1) is 27.1. The molecule has 0 atom stereocenters. The highest BCUT2D eigenvalue weighted by molar-refractivity contribution is 7.23. The monoisotopic (exact) mass is 535 g/mol. The van der Waals surface area contributed by atoms with Crippen LogP contribution in [0.2, 0.25) is 0 Å². The van der Waals surface area contributed by atoms with Gasteiger partial charge in [-0.15, -0.1) is 0 Å². The van der Waals surface area contributed by atoms with Gasteiger partial charge in [-0.05, 0) is 64.4 Å². The number of amides is 3. The first-order valence-corrected chi connectivity index (χ1v) is 13.4. The Morgan fingerprint density at radius 1 is 1.05 bits per heavy atom. The molecule has 2 N–H and O–H groups in total. The molecular weight excluding hydrogens is 502 g/mol. The number of hydrogen-bond donors (Lipinski definition) is 2. The van der Waals surface area contributed by atoms with E-state index in [9.17, 15) is 14.4 Å². The van der Waals surface area contributed by atoms with Gasteiger partial charge in [0.25, 0.3) is 11.8 Å². The van der Waals surface area contributed by atoms with Gasteiger partial charge in [-0.25, -0.2) is 9.78 Å². The van der Waals surface area contributed by atoms with Crippen molar-refractivity contribution in [2.24, 2.45) is 0 Å². The number of benzene rings is 2. The SMILES string of the molecule is CCN(CCCNC(=O)c1ccc2c(c1)sc1nc(-c3ccc(C(=O)NC)cc3)cn12)C(=O)OC(C)(C)C. The number of fused-ring (bicyclic) bond motifs is 3. The third-order valence-corrected chi connectivity index (χ3v) is 6.97. The van der Waals surface area contributed by atoms with Crippen LogP contribution in [0.5, 0.6) is 0 Å². The van der Waals surface area contributed by atoms with Crippen molar-refractivity contribution >= 4 is 44.4 Å². The number of rotatable bonds is 8. The van der Waals surface area contributed by atoms with Crippen molar-refractivity contribution in [1.29, 1.82) is 0 Å². The molecule has 0 saturated carbocycles. The molecule has 4 aromatic rings. The first-order valence-electron chi connectivity index (χ1n) is 12.6. The lowest BCUT2D eigenvalue weighted by Gasteiger charge is -2.26. The zero-order valence-corrected chi connectivity index (χ0v) is 23.1. The fourth-order valence-electron chi connectivity index (χ4n) is 4.00. The molecule has 200 valence electrons. The average Bonchev–Trinajstić information content (AvgIpc) is 3.45. The molecule has 0 unspecified atom stereocenters. The summed E-state index contributed by atoms with van der Waals surface area (Å²) in [6.45, 7) is 8.93. The van der Waals surface area contributed by atoms with Crippen LogP contribution < -0.4 is 10.6 Å². The lowest BCUT2D eigenvalue weighted by molar-refractivity contribution is 0.0258. The first-order chi connectivity index (χ1) is 18.1. The van der Waals surface area contributed by atoms with Crippen LogP contribution in [-0.4, -0.2) is 64.5 Å². The molecule has 0 spiro atoms. The molecule has 2 aromatic heterocycles. The second kappa shape index (κ2) is 11.2. The van der Waals surface area contributed by atoms with E-state index in [4.69, 9.17) is 9.72 Å². The number of carbonyl (C=O) groups is 3. The summed E-state index contributed by atoms with van der Waals surface area (Å²) in [5.74, 6) is -0.285. The van der Waals surface area contributed by atoms with Crippen molar-refractivity contribution in [3.8, 4) is 11.3 Å². The molecule has 0 aliphatic heterocycles. The van der Waals surface area contributed by atoms with Crippen LogP contribution in [0.15, 0.2) is 48.7 Å². The summed E-state index contributed by atoms with van der Waals surface area (Å²) in [7, 11) is 1.61. The summed E-state index contributed by atoms with van der Waals surface area (Å²) in [5.41, 5.74) is 3.34. The molecule has 0 radical (unpaired) electrons. The third-order valence-electron chi connectivity index (χ3n) is 5.95. The number of imidazole rings is 1. The van der Waals surface area contributed by atoms with Gasteiger partial charge >= 0.3 is 6.09 Å². The standard InChI is InChI=1S/C28H33N5O4S/c1-6-32(27(36)37-28(2,3)4)15-7-14-30-25(35)20-12-13-22-23(16-20)38-26-31-21(17-33(22)26)18-8-10-19(11-9-18)24(34)29-5/h8-13,16-17H,6-7,14-15H2,1-5H3,(H,29,34)(H,30,35). The van der Waals surface area contributed by atoms with Crippen molar-refractivity contribution in [3.63, 3.8) is 0 Å². The maximum absolute atomic E-state index is 12.8. The van der Waals surface area contributed by atoms with E-state index in [1.165, 1.54) is 11.3 Å². The molecule has 4 rings (SSSR count). The predicted octanol–water partition coefficient (Wildman–Crippen LogP) is 4.95. The molecule has 9 nitrogen and oxygen atoms in total. The third kappa shape index (κ3) is 6.13. The summed E-state index contributed by atoms with van der Waals surface area (Å²) in [6.07, 6.45) is 2.25. The lowest BCUT2D eigenvalue weighted by Crippen LogP contribution is -2.38. The van der Waals surface area contributed by atoms with Crippen LogP contribution in [0.4, 0.5) is 4.79 Å². The average molecular weight is 536 g/mol. The minimum Gasteiger partial charge on any atom is -0.444 e. The van der Waals surface area contributed by atoms with Crippen LogP contribution in [0.1, 0.15) is 54.8 Å². The zero-order chi connectivity index (χ0) is 27.4. The largest absolute Gasteiger partial charge is 0.444 e. The molecule has 0 saturated heterocycles. The van der Waals surface area contributed by atoms with E-state index in [0.717, 1.165) is 26.4 Å². The van der Waals surface area contributed by atoms with Crippen LogP contribution in [0, 0.1) is 0 Å². The highest BCUT2D eigenvalue weighted by atomic mass is 32.1. The highest BCUT2D eigenvalue weighted by Gasteiger charge is 2.21. The van der Waals surface area contributed by atoms with Crippen molar-refractivity contribution in [1.82, 2.24) is 24.9 Å². The van der Waals surface area contributed by atoms with E-state index < -0.39 is 5.60 Å². The van der Waals surface area contributed by atoms with Gasteiger partial charge in [-0.2, -0.15) is 0 Å². The normalized spacial score (nSPS) is 11.5. The van der Waals surface area contributed by atoms with Crippen LogP contribution >= 0.6 is 11.3 Å². The van der Waals surface area contributed by atoms with Gasteiger partial charge in [0.15, 0.2) is 4.96 Å². The number of hydrogen-bond acceptors (Lipinski definition) is 6. The number of ether oxygens (including phenoxy) is 1. The van der Waals surface area contributed by atoms with Crippen LogP contribution in [-0.2, 0) is 4.74 Å². The van der Waals surface area contributed by atoms with Crippen LogP contribution in [0.3, 0.4) is 0 Å². The van der Waals surface area contributed by atoms with Gasteiger partial charge in [-0.3, -0.25) is 14.0 Å². The topological polar surface area (TPSA) is 105 Å². The van der Waals surface area contributed by atoms with Gasteiger partial charge < -0.3 is 20.3 Å². The molecule has 0 aliphatic carbocycles. The van der Waals surface area contributed by atoms with Gasteiger partial charge in [0.05, 0.1) is 15.9 Å². The number of carbonyl (C=O) groups excluding carboxylic acids is 3. The summed E-state index contributed by atoms with van der Waals surface area (Å²) in [5, 5.41) is 5.56. The van der Waals surface area contributed by atoms with Gasteiger partial charge in [0, 0.05) is 49.6 Å². The summed E-state index contributed by atoms with van der Waals surface area (Å²) in [6, 6.07) is 12.9. The Balaban J connectivity index is 1.38. The second-order valence-corrected chi connectivity index (χ2v) is 10.9. The smallest absolute Gasteiger partial charge is 0.410 e. The Hall–Kier alpha value is -3.92. The molecule has 2 aromatic carbocycles. The summed E-state index contributed by atoms with van der Waals surface area (Å²) in [4.78, 5) is 44.0. The van der Waals surface area contributed by atoms with E-state index in [-0.39, 0.29) is 17.9 Å². The molecule has 10 heteroatoms. The Labute approximate surface area is 225 Å². The highest BCUT2D eigenvalue weighted by Crippen LogP contribution is 2.30. The van der Waals surface area contributed by atoms with Crippen molar-refractivity contribution < 1.29 is 19.1 Å². The van der Waals surface area contributed by atoms with Gasteiger partial charge in [0.1, 0.15) is 5.60 Å². The molecule has 0 fully saturated rings. The van der Waals surface area contributed by atoms with Crippen molar-refractivity contribution in [2.75, 3.05) is 26.7 Å². The summed E-state index contributed by atoms with van der Waals surface area (Å²) < 4.78 is 8.40. The number of nitrogens with zero attached hydrogens (tertiary/aromatic N) is 3. The van der Waals surface area contributed by atoms with E-state index in [2.05, 4.69) is 10.6 Å². The molecule has 0 aliphatic rings. The van der Waals surface area contributed by atoms with Gasteiger partial charge in [-0.1, -0.05) is 23.5 Å². The number of aromatic nitrogens is 2. The predicted molar refractivity (Wildman–Crippen MR) is 150 cm³/mol. The number of thiazole rings is 1. The molecule has 38 heavy (non-hydrogen) atoms. The van der Waals surface area contributed by atoms with Crippen molar-refractivity contribution in [3.05, 3.63) is 59.8 Å². The fourth-order valence-corrected chi connectivity index (χ4v) is 5.04. The molecule has 3 amide bonds. The lowest BCUT2D eigenvalue weighted by atomic mass is 10.1. The Morgan fingerprint density at radius 3 is 2.42 bits per heavy atom. The Morgan fingerprint density at radius 2 is 1.76 bits per heavy atom. The van der Waals surface area contributed by atoms with E-state index in [0.29, 0.717) is 37.2 Å². The van der Waals surface area contributed by atoms with E-state index in [1.807, 2.05) is 62.6 Å². The van der Waals surface area contributed by atoms with Crippen LogP contribution in [0.25, 0.3) is 26.4 Å². The molecule has 2 heterocycles. The minimum atomic E-state index is -0.540. The zero-order valence-electron chi connectivity index (χ0n) is 22.3. The van der Waals surface area contributed by atoms with Gasteiger partial charge in [0.2, 0.25) is 0 Å². The maximum atomic E-state index is 12.8. The fraction of sp³-hybridized carbons (Fsp3) is 0.357. The molecular formula is C28H33N5O4S. The minimum absolute atomic E-state index is 0.128. The molecule has 0 bridgehead atoms. The maximum Gasteiger partial charge on any atom is 0.410 e. The van der Waals surface area contributed by atoms with E-state index in [1.54, 1.807) is 30.1 Å². The Kier molecular flexibility index (Phi) is 8.01. The van der Waals surface area contributed by atoms with Crippen molar-refractivity contribution in [2.45, 2.75) is 39.7 Å². The summed E-state index contributed by atoms with van der Waals surface area (Å²) >= 11 is 1.51. The second-order valence-electron chi connectivity index (χ2n) is 9.89.